The monoisotopic (exact) mass is 604 g/mol. The standard InChI is InChI=1S/C30H40N2O9S/c1-37-22-12-14-24(15-13-22)42(35,36)32(41-23-10-6-3-7-11-23)19-27(33)26(18-21-8-4-2-5-9-21)31-30(34)40-28-20-39-29-25(28)16-17-38-29/h2,4-5,8-9,12-15,23,25-29,33H,3,6-7,10-11,16-20H2,1H3,(H,31,34)/t25-,26-,27?,28?,29+/m0/s1. The van der Waals surface area contributed by atoms with Crippen LogP contribution in [0.15, 0.2) is 59.5 Å². The van der Waals surface area contributed by atoms with E-state index in [-0.39, 0.29) is 36.2 Å². The molecule has 2 saturated heterocycles. The number of methoxy groups -OCH3 is 1. The van der Waals surface area contributed by atoms with Gasteiger partial charge in [0.1, 0.15) is 11.9 Å². The fourth-order valence-electron chi connectivity index (χ4n) is 5.70. The molecule has 0 bridgehead atoms. The molecular weight excluding hydrogens is 564 g/mol. The van der Waals surface area contributed by atoms with Gasteiger partial charge in [0.05, 0.1) is 55.9 Å². The van der Waals surface area contributed by atoms with Crippen molar-refractivity contribution in [2.24, 2.45) is 5.92 Å². The van der Waals surface area contributed by atoms with E-state index in [9.17, 15) is 18.3 Å². The van der Waals surface area contributed by atoms with Crippen LogP contribution in [0.3, 0.4) is 0 Å². The Morgan fingerprint density at radius 1 is 1.05 bits per heavy atom. The van der Waals surface area contributed by atoms with Crippen LogP contribution >= 0.6 is 0 Å². The molecule has 2 aromatic rings. The largest absolute Gasteiger partial charge is 0.497 e. The van der Waals surface area contributed by atoms with Gasteiger partial charge in [-0.15, -0.1) is 0 Å². The van der Waals surface area contributed by atoms with E-state index in [1.807, 2.05) is 30.3 Å². The number of amides is 1. The molecule has 0 aromatic heterocycles. The number of hydrogen-bond donors (Lipinski definition) is 2. The third-order valence-corrected chi connectivity index (χ3v) is 9.73. The second-order valence-electron chi connectivity index (χ2n) is 11.0. The van der Waals surface area contributed by atoms with E-state index < -0.39 is 40.9 Å². The molecule has 1 amide bonds. The summed E-state index contributed by atoms with van der Waals surface area (Å²) in [4.78, 5) is 19.1. The number of nitrogens with one attached hydrogen (secondary N) is 1. The van der Waals surface area contributed by atoms with Crippen molar-refractivity contribution in [3.8, 4) is 5.75 Å². The summed E-state index contributed by atoms with van der Waals surface area (Å²) in [5, 5.41) is 14.3. The van der Waals surface area contributed by atoms with E-state index in [1.165, 1.54) is 19.2 Å². The summed E-state index contributed by atoms with van der Waals surface area (Å²) >= 11 is 0. The van der Waals surface area contributed by atoms with E-state index in [0.717, 1.165) is 48.6 Å². The summed E-state index contributed by atoms with van der Waals surface area (Å²) in [5.41, 5.74) is 0.855. The fourth-order valence-corrected chi connectivity index (χ4v) is 7.00. The van der Waals surface area contributed by atoms with Crippen molar-refractivity contribution >= 4 is 16.1 Å². The molecule has 11 nitrogen and oxygen atoms in total. The van der Waals surface area contributed by atoms with Gasteiger partial charge in [0.2, 0.25) is 0 Å². The van der Waals surface area contributed by atoms with Gasteiger partial charge in [0, 0.05) is 0 Å². The third-order valence-electron chi connectivity index (χ3n) is 8.09. The van der Waals surface area contributed by atoms with Gasteiger partial charge in [0.25, 0.3) is 10.0 Å². The normalized spacial score (nSPS) is 24.2. The number of carbonyl (C=O) groups excluding carboxylic acids is 1. The Kier molecular flexibility index (Phi) is 10.3. The van der Waals surface area contributed by atoms with Gasteiger partial charge in [-0.25, -0.2) is 13.2 Å². The molecule has 12 heteroatoms. The van der Waals surface area contributed by atoms with Crippen LogP contribution in [0, 0.1) is 5.92 Å². The predicted molar refractivity (Wildman–Crippen MR) is 152 cm³/mol. The highest BCUT2D eigenvalue weighted by Crippen LogP contribution is 2.33. The lowest BCUT2D eigenvalue weighted by Gasteiger charge is -2.32. The number of rotatable bonds is 12. The second-order valence-corrected chi connectivity index (χ2v) is 12.8. The lowest BCUT2D eigenvalue weighted by atomic mass is 9.98. The minimum Gasteiger partial charge on any atom is -0.497 e. The number of aliphatic hydroxyl groups is 1. The first-order valence-electron chi connectivity index (χ1n) is 14.6. The maximum Gasteiger partial charge on any atom is 0.407 e. The first kappa shape index (κ1) is 30.7. The van der Waals surface area contributed by atoms with Gasteiger partial charge < -0.3 is 29.4 Å². The summed E-state index contributed by atoms with van der Waals surface area (Å²) in [7, 11) is -2.66. The minimum absolute atomic E-state index is 0.00728. The Morgan fingerprint density at radius 2 is 1.79 bits per heavy atom. The summed E-state index contributed by atoms with van der Waals surface area (Å²) in [6.45, 7) is 0.386. The Morgan fingerprint density at radius 3 is 2.50 bits per heavy atom. The van der Waals surface area contributed by atoms with E-state index in [4.69, 9.17) is 23.8 Å². The van der Waals surface area contributed by atoms with E-state index in [1.54, 1.807) is 12.1 Å². The third kappa shape index (κ3) is 7.61. The summed E-state index contributed by atoms with van der Waals surface area (Å²) in [5.74, 6) is 0.477. The maximum atomic E-state index is 13.8. The predicted octanol–water partition coefficient (Wildman–Crippen LogP) is 3.41. The molecule has 0 spiro atoms. The van der Waals surface area contributed by atoms with Gasteiger partial charge in [-0.1, -0.05) is 54.1 Å². The fraction of sp³-hybridized carbons (Fsp3) is 0.567. The van der Waals surface area contributed by atoms with Crippen LogP contribution in [-0.2, 0) is 35.5 Å². The average Bonchev–Trinajstić information content (AvgIpc) is 3.63. The molecule has 2 heterocycles. The minimum atomic E-state index is -4.16. The van der Waals surface area contributed by atoms with Crippen molar-refractivity contribution < 1.29 is 42.1 Å². The van der Waals surface area contributed by atoms with Crippen LogP contribution < -0.4 is 10.1 Å². The smallest absolute Gasteiger partial charge is 0.407 e. The number of sulfonamides is 1. The summed E-state index contributed by atoms with van der Waals surface area (Å²) < 4.78 is 50.4. The molecule has 3 fully saturated rings. The van der Waals surface area contributed by atoms with E-state index >= 15 is 0 Å². The van der Waals surface area contributed by atoms with Gasteiger partial charge in [-0.05, 0) is 55.5 Å². The molecule has 5 atom stereocenters. The van der Waals surface area contributed by atoms with Crippen LogP contribution in [0.25, 0.3) is 0 Å². The van der Waals surface area contributed by atoms with Crippen LogP contribution in [0.5, 0.6) is 5.75 Å². The molecule has 3 aliphatic rings. The van der Waals surface area contributed by atoms with Gasteiger partial charge in [0.15, 0.2) is 6.29 Å². The number of nitrogens with zero attached hydrogens (tertiary/aromatic N) is 1. The molecule has 1 aliphatic carbocycles. The van der Waals surface area contributed by atoms with Gasteiger partial charge in [-0.2, -0.15) is 0 Å². The Labute approximate surface area is 247 Å². The molecule has 2 N–H and O–H groups in total. The Hall–Kier alpha value is -2.74. The summed E-state index contributed by atoms with van der Waals surface area (Å²) in [6, 6.07) is 14.5. The number of benzene rings is 2. The highest BCUT2D eigenvalue weighted by atomic mass is 32.2. The zero-order valence-electron chi connectivity index (χ0n) is 23.8. The first-order valence-corrected chi connectivity index (χ1v) is 16.0. The number of hydrogen-bond acceptors (Lipinski definition) is 9. The van der Waals surface area contributed by atoms with Crippen molar-refractivity contribution in [1.29, 1.82) is 0 Å². The molecule has 0 radical (unpaired) electrons. The summed E-state index contributed by atoms with van der Waals surface area (Å²) in [6.07, 6.45) is 2.18. The SMILES string of the molecule is COc1ccc(S(=O)(=O)N(CC(O)[C@H](Cc2ccccc2)NC(=O)OC2CO[C@H]3OCC[C@@H]23)OC2CCCCC2)cc1. The van der Waals surface area contributed by atoms with Gasteiger partial charge >= 0.3 is 6.09 Å². The first-order chi connectivity index (χ1) is 20.3. The van der Waals surface area contributed by atoms with Crippen molar-refractivity contribution in [3.05, 3.63) is 60.2 Å². The lowest BCUT2D eigenvalue weighted by Crippen LogP contribution is -2.51. The number of carbonyl (C=O) groups is 1. The number of aliphatic hydroxyl groups excluding tert-OH is 1. The lowest BCUT2D eigenvalue weighted by molar-refractivity contribution is -0.156. The Balaban J connectivity index is 1.34. The molecule has 2 unspecified atom stereocenters. The molecule has 230 valence electrons. The molecular formula is C30H40N2O9S. The number of alkyl carbamates (subject to hydrolysis) is 1. The van der Waals surface area contributed by atoms with E-state index in [0.29, 0.717) is 12.4 Å². The van der Waals surface area contributed by atoms with Gasteiger partial charge in [-0.3, -0.25) is 4.84 Å². The number of hydroxylamine groups is 1. The topological polar surface area (TPSA) is 133 Å². The highest BCUT2D eigenvalue weighted by Gasteiger charge is 2.44. The molecule has 2 aromatic carbocycles. The van der Waals surface area contributed by atoms with Crippen molar-refractivity contribution in [1.82, 2.24) is 9.79 Å². The zero-order chi connectivity index (χ0) is 29.5. The molecule has 5 rings (SSSR count). The zero-order valence-corrected chi connectivity index (χ0v) is 24.6. The molecule has 1 saturated carbocycles. The van der Waals surface area contributed by atoms with Crippen LogP contribution in [0.4, 0.5) is 4.79 Å². The highest BCUT2D eigenvalue weighted by molar-refractivity contribution is 7.89. The van der Waals surface area contributed by atoms with Crippen LogP contribution in [0.1, 0.15) is 44.1 Å². The second kappa shape index (κ2) is 14.2. The average molecular weight is 605 g/mol. The molecule has 2 aliphatic heterocycles. The van der Waals surface area contributed by atoms with E-state index in [2.05, 4.69) is 5.32 Å². The maximum absolute atomic E-state index is 13.8. The number of fused-ring (bicyclic) bond motifs is 1. The van der Waals surface area contributed by atoms with Crippen molar-refractivity contribution in [3.63, 3.8) is 0 Å². The van der Waals surface area contributed by atoms with Crippen LogP contribution in [-0.4, -0.2) is 81.6 Å². The van der Waals surface area contributed by atoms with Crippen molar-refractivity contribution in [2.45, 2.75) is 80.5 Å². The quantitative estimate of drug-likeness (QED) is 0.350. The Bertz CT molecular complexity index is 1260. The van der Waals surface area contributed by atoms with Crippen LogP contribution in [0.2, 0.25) is 0 Å². The number of ether oxygens (including phenoxy) is 4. The van der Waals surface area contributed by atoms with Crippen molar-refractivity contribution in [2.75, 3.05) is 26.9 Å². The molecule has 42 heavy (non-hydrogen) atoms.